The number of barbiturate groups is 1. The van der Waals surface area contributed by atoms with E-state index in [-0.39, 0.29) is 6.54 Å². The monoisotopic (exact) mass is 265 g/mol. The van der Waals surface area contributed by atoms with Crippen molar-refractivity contribution in [3.63, 3.8) is 0 Å². The Morgan fingerprint density at radius 2 is 1.79 bits per heavy atom. The number of urea groups is 1. The molecule has 0 bridgehead atoms. The molecule has 0 aliphatic carbocycles. The van der Waals surface area contributed by atoms with Gasteiger partial charge in [0.1, 0.15) is 19.2 Å². The zero-order valence-corrected chi connectivity index (χ0v) is 10.3. The Balaban J connectivity index is 2.22. The molecule has 4 amide bonds. The Morgan fingerprint density at radius 3 is 2.26 bits per heavy atom. The second-order valence-electron chi connectivity index (χ2n) is 4.07. The van der Waals surface area contributed by atoms with Gasteiger partial charge in [0.15, 0.2) is 11.7 Å². The van der Waals surface area contributed by atoms with Crippen LogP contribution in [0.15, 0.2) is 12.7 Å². The van der Waals surface area contributed by atoms with Gasteiger partial charge in [-0.2, -0.15) is 5.10 Å². The molecule has 0 atom stereocenters. The summed E-state index contributed by atoms with van der Waals surface area (Å²) >= 11 is 0. The molecule has 1 aromatic rings. The average Bonchev–Trinajstić information content (AvgIpc) is 2.87. The molecule has 0 spiro atoms. The van der Waals surface area contributed by atoms with Gasteiger partial charge in [0.2, 0.25) is 0 Å². The number of imide groups is 2. The first-order valence-electron chi connectivity index (χ1n) is 5.37. The minimum absolute atomic E-state index is 0.252. The van der Waals surface area contributed by atoms with E-state index in [4.69, 9.17) is 0 Å². The number of carbonyl (C=O) groups is 4. The van der Waals surface area contributed by atoms with E-state index in [1.54, 1.807) is 0 Å². The van der Waals surface area contributed by atoms with E-state index in [9.17, 15) is 19.2 Å². The van der Waals surface area contributed by atoms with Gasteiger partial charge in [-0.15, -0.1) is 0 Å². The highest BCUT2D eigenvalue weighted by molar-refractivity contribution is 6.26. The number of nitrogens with zero attached hydrogens (tertiary/aromatic N) is 5. The zero-order valence-electron chi connectivity index (χ0n) is 10.3. The molecule has 1 saturated heterocycles. The SMILES string of the molecule is CN1C(=O)C(C(=O)Cn2cncn2)C(=O)N(C)C1=O. The maximum Gasteiger partial charge on any atom is 0.332 e. The third-order valence-corrected chi connectivity index (χ3v) is 2.84. The normalized spacial score (nSPS) is 17.3. The third kappa shape index (κ3) is 2.09. The van der Waals surface area contributed by atoms with Crippen LogP contribution in [0.25, 0.3) is 0 Å². The van der Waals surface area contributed by atoms with Crippen molar-refractivity contribution in [3.05, 3.63) is 12.7 Å². The van der Waals surface area contributed by atoms with Crippen LogP contribution in [-0.4, -0.2) is 62.3 Å². The summed E-state index contributed by atoms with van der Waals surface area (Å²) in [6.45, 7) is -0.252. The number of rotatable bonds is 3. The first-order valence-corrected chi connectivity index (χ1v) is 5.37. The van der Waals surface area contributed by atoms with Crippen LogP contribution >= 0.6 is 0 Å². The first-order chi connectivity index (χ1) is 8.93. The fourth-order valence-electron chi connectivity index (χ4n) is 1.75. The van der Waals surface area contributed by atoms with Crippen molar-refractivity contribution in [3.8, 4) is 0 Å². The Hall–Kier alpha value is -2.58. The maximum atomic E-state index is 12.0. The molecule has 1 aromatic heterocycles. The molecule has 1 fully saturated rings. The summed E-state index contributed by atoms with van der Waals surface area (Å²) in [5.41, 5.74) is 0. The van der Waals surface area contributed by atoms with E-state index in [1.165, 1.54) is 31.4 Å². The molecule has 9 heteroatoms. The molecular weight excluding hydrogens is 254 g/mol. The van der Waals surface area contributed by atoms with Crippen LogP contribution in [0.5, 0.6) is 0 Å². The quantitative estimate of drug-likeness (QED) is 0.617. The minimum atomic E-state index is -1.50. The van der Waals surface area contributed by atoms with Crippen LogP contribution in [0.2, 0.25) is 0 Å². The molecule has 9 nitrogen and oxygen atoms in total. The van der Waals surface area contributed by atoms with E-state index < -0.39 is 29.5 Å². The van der Waals surface area contributed by atoms with E-state index in [1.807, 2.05) is 0 Å². The van der Waals surface area contributed by atoms with Gasteiger partial charge in [-0.05, 0) is 0 Å². The minimum Gasteiger partial charge on any atom is -0.296 e. The molecule has 2 heterocycles. The lowest BCUT2D eigenvalue weighted by Crippen LogP contribution is -2.59. The summed E-state index contributed by atoms with van der Waals surface area (Å²) in [4.78, 5) is 52.4. The second kappa shape index (κ2) is 4.59. The Labute approximate surface area is 107 Å². The van der Waals surface area contributed by atoms with Crippen molar-refractivity contribution in [2.24, 2.45) is 5.92 Å². The van der Waals surface area contributed by atoms with Crippen molar-refractivity contribution in [2.45, 2.75) is 6.54 Å². The van der Waals surface area contributed by atoms with Crippen LogP contribution in [0.4, 0.5) is 4.79 Å². The summed E-state index contributed by atoms with van der Waals surface area (Å²) in [5.74, 6) is -3.78. The van der Waals surface area contributed by atoms with Crippen LogP contribution in [0.3, 0.4) is 0 Å². The molecule has 0 N–H and O–H groups in total. The van der Waals surface area contributed by atoms with Gasteiger partial charge in [-0.1, -0.05) is 0 Å². The topological polar surface area (TPSA) is 105 Å². The molecular formula is C10H11N5O4. The van der Waals surface area contributed by atoms with Crippen molar-refractivity contribution < 1.29 is 19.2 Å². The molecule has 100 valence electrons. The lowest BCUT2D eigenvalue weighted by molar-refractivity contribution is -0.152. The number of hydrogen-bond acceptors (Lipinski definition) is 6. The number of aromatic nitrogens is 3. The Bertz CT molecular complexity index is 528. The zero-order chi connectivity index (χ0) is 14.2. The Morgan fingerprint density at radius 1 is 1.21 bits per heavy atom. The van der Waals surface area contributed by atoms with Crippen molar-refractivity contribution >= 4 is 23.6 Å². The van der Waals surface area contributed by atoms with Gasteiger partial charge >= 0.3 is 6.03 Å². The maximum absolute atomic E-state index is 12.0. The molecule has 1 aliphatic rings. The van der Waals surface area contributed by atoms with Crippen LogP contribution in [0, 0.1) is 5.92 Å². The van der Waals surface area contributed by atoms with Crippen molar-refractivity contribution in [1.29, 1.82) is 0 Å². The Kier molecular flexibility index (Phi) is 3.11. The third-order valence-electron chi connectivity index (χ3n) is 2.84. The average molecular weight is 265 g/mol. The molecule has 0 unspecified atom stereocenters. The number of carbonyl (C=O) groups excluding carboxylic acids is 4. The smallest absolute Gasteiger partial charge is 0.296 e. The summed E-state index contributed by atoms with van der Waals surface area (Å²) < 4.78 is 1.21. The molecule has 0 radical (unpaired) electrons. The van der Waals surface area contributed by atoms with Gasteiger partial charge in [0.25, 0.3) is 11.8 Å². The summed E-state index contributed by atoms with van der Waals surface area (Å²) in [7, 11) is 2.45. The lowest BCUT2D eigenvalue weighted by Gasteiger charge is -2.31. The van der Waals surface area contributed by atoms with Gasteiger partial charge in [-0.25, -0.2) is 14.5 Å². The van der Waals surface area contributed by atoms with E-state index in [2.05, 4.69) is 10.1 Å². The summed E-state index contributed by atoms with van der Waals surface area (Å²) in [6.07, 6.45) is 2.54. The molecule has 19 heavy (non-hydrogen) atoms. The van der Waals surface area contributed by atoms with Gasteiger partial charge < -0.3 is 0 Å². The largest absolute Gasteiger partial charge is 0.332 e. The van der Waals surface area contributed by atoms with Gasteiger partial charge in [0.05, 0.1) is 0 Å². The first kappa shape index (κ1) is 12.9. The van der Waals surface area contributed by atoms with E-state index in [0.29, 0.717) is 0 Å². The van der Waals surface area contributed by atoms with E-state index >= 15 is 0 Å². The predicted molar refractivity (Wildman–Crippen MR) is 59.5 cm³/mol. The highest BCUT2D eigenvalue weighted by Crippen LogP contribution is 2.16. The fourth-order valence-corrected chi connectivity index (χ4v) is 1.75. The van der Waals surface area contributed by atoms with Gasteiger partial charge in [-0.3, -0.25) is 24.2 Å². The van der Waals surface area contributed by atoms with E-state index in [0.717, 1.165) is 9.80 Å². The molecule has 1 aliphatic heterocycles. The highest BCUT2D eigenvalue weighted by Gasteiger charge is 2.46. The van der Waals surface area contributed by atoms with Crippen LogP contribution in [0.1, 0.15) is 0 Å². The highest BCUT2D eigenvalue weighted by atomic mass is 16.2. The van der Waals surface area contributed by atoms with Crippen LogP contribution < -0.4 is 0 Å². The molecule has 2 rings (SSSR count). The predicted octanol–water partition coefficient (Wildman–Crippen LogP) is -1.49. The number of amides is 4. The second-order valence-corrected chi connectivity index (χ2v) is 4.07. The summed E-state index contributed by atoms with van der Waals surface area (Å²) in [6, 6.07) is -0.750. The number of hydrogen-bond donors (Lipinski definition) is 0. The summed E-state index contributed by atoms with van der Waals surface area (Å²) in [5, 5.41) is 3.72. The van der Waals surface area contributed by atoms with Gasteiger partial charge in [0, 0.05) is 14.1 Å². The number of Topliss-reactive ketones (excluding diaryl/α,β-unsaturated/α-hetero) is 1. The van der Waals surface area contributed by atoms with Crippen molar-refractivity contribution in [2.75, 3.05) is 14.1 Å². The van der Waals surface area contributed by atoms with Crippen LogP contribution in [-0.2, 0) is 20.9 Å². The van der Waals surface area contributed by atoms with Crippen molar-refractivity contribution in [1.82, 2.24) is 24.6 Å². The lowest BCUT2D eigenvalue weighted by atomic mass is 9.99. The molecule has 0 aromatic carbocycles. The molecule has 0 saturated carbocycles. The number of ketones is 1. The fraction of sp³-hybridized carbons (Fsp3) is 0.400. The standard InChI is InChI=1S/C10H11N5O4/c1-13-8(17)7(9(18)14(2)10(13)19)6(16)3-15-5-11-4-12-15/h4-5,7H,3H2,1-2H3.